The third-order valence-corrected chi connectivity index (χ3v) is 7.27. The van der Waals surface area contributed by atoms with E-state index < -0.39 is 0 Å². The van der Waals surface area contributed by atoms with Crippen molar-refractivity contribution in [3.05, 3.63) is 41.7 Å². The molecule has 3 aromatic rings. The maximum absolute atomic E-state index is 13.0. The first-order valence-corrected chi connectivity index (χ1v) is 11.9. The molecule has 0 radical (unpaired) electrons. The summed E-state index contributed by atoms with van der Waals surface area (Å²) in [6, 6.07) is 8.57. The van der Waals surface area contributed by atoms with Crippen LogP contribution in [0.3, 0.4) is 0 Å². The van der Waals surface area contributed by atoms with Crippen LogP contribution in [0.5, 0.6) is 0 Å². The molecule has 7 nitrogen and oxygen atoms in total. The summed E-state index contributed by atoms with van der Waals surface area (Å²) in [7, 11) is 0. The highest BCUT2D eigenvalue weighted by Gasteiger charge is 2.33. The number of aryl methyl sites for hydroxylation is 1. The van der Waals surface area contributed by atoms with Crippen LogP contribution >= 0.6 is 0 Å². The first-order valence-electron chi connectivity index (χ1n) is 11.9. The van der Waals surface area contributed by atoms with Gasteiger partial charge in [-0.3, -0.25) is 10.1 Å². The number of aromatic nitrogens is 3. The van der Waals surface area contributed by atoms with Gasteiger partial charge in [0.1, 0.15) is 5.69 Å². The Morgan fingerprint density at radius 1 is 1.19 bits per heavy atom. The van der Waals surface area contributed by atoms with Crippen LogP contribution in [-0.2, 0) is 6.54 Å². The molecule has 4 heterocycles. The average molecular weight is 431 g/mol. The number of H-pyrrole nitrogens is 1. The van der Waals surface area contributed by atoms with E-state index in [0.717, 1.165) is 64.4 Å². The molecular formula is C25H30N6O. The van der Waals surface area contributed by atoms with Crippen LogP contribution in [0.15, 0.2) is 30.5 Å². The van der Waals surface area contributed by atoms with Crippen molar-refractivity contribution in [2.45, 2.75) is 51.6 Å². The number of pyridine rings is 1. The molecule has 32 heavy (non-hydrogen) atoms. The van der Waals surface area contributed by atoms with Gasteiger partial charge in [0.25, 0.3) is 0 Å². The van der Waals surface area contributed by atoms with Gasteiger partial charge >= 0.3 is 6.03 Å². The van der Waals surface area contributed by atoms with Crippen LogP contribution in [0.4, 0.5) is 10.5 Å². The lowest BCUT2D eigenvalue weighted by Gasteiger charge is -2.41. The largest absolute Gasteiger partial charge is 0.322 e. The maximum Gasteiger partial charge on any atom is 0.322 e. The maximum atomic E-state index is 13.0. The summed E-state index contributed by atoms with van der Waals surface area (Å²) in [5.74, 6) is 0.955. The van der Waals surface area contributed by atoms with Crippen molar-refractivity contribution in [3.8, 4) is 11.3 Å². The van der Waals surface area contributed by atoms with Crippen molar-refractivity contribution in [1.29, 1.82) is 0 Å². The molecule has 7 heteroatoms. The average Bonchev–Trinajstić information content (AvgIpc) is 3.54. The molecule has 0 bridgehead atoms. The van der Waals surface area contributed by atoms with E-state index in [1.165, 1.54) is 32.4 Å². The Labute approximate surface area is 188 Å². The van der Waals surface area contributed by atoms with Gasteiger partial charge < -0.3 is 15.1 Å². The highest BCUT2D eigenvalue weighted by atomic mass is 16.2. The number of urea groups is 1. The number of hydrogen-bond acceptors (Lipinski definition) is 4. The van der Waals surface area contributed by atoms with Crippen molar-refractivity contribution in [2.24, 2.45) is 5.92 Å². The number of anilines is 1. The van der Waals surface area contributed by atoms with Gasteiger partial charge in [0, 0.05) is 47.7 Å². The lowest BCUT2D eigenvalue weighted by atomic mass is 9.99. The van der Waals surface area contributed by atoms with Crippen LogP contribution < -0.4 is 5.32 Å². The summed E-state index contributed by atoms with van der Waals surface area (Å²) in [5.41, 5.74) is 5.94. The van der Waals surface area contributed by atoms with Gasteiger partial charge in [-0.25, -0.2) is 4.79 Å². The molecule has 3 aliphatic rings. The molecule has 6 rings (SSSR count). The lowest BCUT2D eigenvalue weighted by Crippen LogP contribution is -2.52. The number of fused-ring (bicyclic) bond motifs is 2. The van der Waals surface area contributed by atoms with Crippen LogP contribution in [0, 0.1) is 12.8 Å². The van der Waals surface area contributed by atoms with Crippen molar-refractivity contribution >= 4 is 22.6 Å². The topological polar surface area (TPSA) is 77.2 Å². The Kier molecular flexibility index (Phi) is 4.86. The highest BCUT2D eigenvalue weighted by molar-refractivity contribution is 6.00. The van der Waals surface area contributed by atoms with Crippen LogP contribution in [0.1, 0.15) is 43.4 Å². The number of nitrogens with zero attached hydrogens (tertiary/aromatic N) is 4. The predicted octanol–water partition coefficient (Wildman–Crippen LogP) is 4.55. The molecule has 0 unspecified atom stereocenters. The number of nitrogens with one attached hydrogen (secondary N) is 2. The highest BCUT2D eigenvalue weighted by Crippen LogP contribution is 2.35. The second-order valence-electron chi connectivity index (χ2n) is 9.70. The zero-order valence-corrected chi connectivity index (χ0v) is 18.6. The van der Waals surface area contributed by atoms with Crippen molar-refractivity contribution < 1.29 is 4.79 Å². The number of benzene rings is 1. The molecule has 1 saturated carbocycles. The van der Waals surface area contributed by atoms with Crippen LogP contribution in [0.2, 0.25) is 0 Å². The third kappa shape index (κ3) is 3.75. The van der Waals surface area contributed by atoms with E-state index in [1.807, 2.05) is 30.2 Å². The molecule has 1 saturated heterocycles. The molecule has 2 N–H and O–H groups in total. The summed E-state index contributed by atoms with van der Waals surface area (Å²) >= 11 is 0. The number of carbonyl (C=O) groups excluding carboxylic acids is 1. The van der Waals surface area contributed by atoms with E-state index in [9.17, 15) is 4.79 Å². The second-order valence-corrected chi connectivity index (χ2v) is 9.70. The molecule has 1 aliphatic carbocycles. The number of likely N-dealkylation sites (tertiary alicyclic amines) is 1. The number of piperidine rings is 1. The van der Waals surface area contributed by atoms with Gasteiger partial charge in [0.15, 0.2) is 0 Å². The number of aromatic amines is 1. The van der Waals surface area contributed by atoms with E-state index in [2.05, 4.69) is 37.5 Å². The third-order valence-electron chi connectivity index (χ3n) is 7.27. The standard InChI is InChI=1S/C25H30N6O/c1-16-11-18(6-8-26-16)24-21-12-19-14-31(25(32)27-22(19)13-23(21)28-29-24)20-3-2-9-30(15-20)10-7-17-4-5-17/h6,8,11-13,17,20H,2-5,7,9-10,14-15H2,1H3,(H,27,32)(H,28,29)/t20-/m1/s1. The molecule has 166 valence electrons. The van der Waals surface area contributed by atoms with E-state index in [1.54, 1.807) is 0 Å². The molecule has 1 aromatic carbocycles. The number of amides is 2. The summed E-state index contributed by atoms with van der Waals surface area (Å²) < 4.78 is 0. The van der Waals surface area contributed by atoms with Gasteiger partial charge in [0.2, 0.25) is 0 Å². The molecule has 2 fully saturated rings. The zero-order chi connectivity index (χ0) is 21.7. The molecule has 1 atom stereocenters. The fraction of sp³-hybridized carbons (Fsp3) is 0.480. The molecule has 2 aliphatic heterocycles. The molecule has 2 amide bonds. The van der Waals surface area contributed by atoms with Crippen molar-refractivity contribution in [1.82, 2.24) is 25.0 Å². The fourth-order valence-electron chi connectivity index (χ4n) is 5.27. The Hall–Kier alpha value is -2.93. The SMILES string of the molecule is Cc1cc(-c2n[nH]c3cc4c(cc23)CN([C@@H]2CCCN(CCC3CC3)C2)C(=O)N4)ccn1. The second kappa shape index (κ2) is 7.89. The van der Waals surface area contributed by atoms with E-state index in [4.69, 9.17) is 0 Å². The normalized spacial score (nSPS) is 21.6. The quantitative estimate of drug-likeness (QED) is 0.623. The minimum Gasteiger partial charge on any atom is -0.316 e. The molecule has 2 aromatic heterocycles. The first kappa shape index (κ1) is 19.7. The summed E-state index contributed by atoms with van der Waals surface area (Å²) in [4.78, 5) is 21.9. The number of hydrogen-bond donors (Lipinski definition) is 2. The zero-order valence-electron chi connectivity index (χ0n) is 18.6. The summed E-state index contributed by atoms with van der Waals surface area (Å²) in [6.45, 7) is 5.98. The fourth-order valence-corrected chi connectivity index (χ4v) is 5.27. The van der Waals surface area contributed by atoms with Gasteiger partial charge in [0.05, 0.1) is 5.52 Å². The van der Waals surface area contributed by atoms with E-state index >= 15 is 0 Å². The first-order chi connectivity index (χ1) is 15.6. The Bertz CT molecular complexity index is 1170. The van der Waals surface area contributed by atoms with Crippen molar-refractivity contribution in [2.75, 3.05) is 25.0 Å². The summed E-state index contributed by atoms with van der Waals surface area (Å²) in [6.07, 6.45) is 8.20. The molecule has 0 spiro atoms. The minimum atomic E-state index is 0.0235. The van der Waals surface area contributed by atoms with Crippen molar-refractivity contribution in [3.63, 3.8) is 0 Å². The predicted molar refractivity (Wildman–Crippen MR) is 125 cm³/mol. The Morgan fingerprint density at radius 3 is 2.94 bits per heavy atom. The van der Waals surface area contributed by atoms with Gasteiger partial charge in [-0.2, -0.15) is 5.10 Å². The number of carbonyl (C=O) groups is 1. The minimum absolute atomic E-state index is 0.0235. The smallest absolute Gasteiger partial charge is 0.316 e. The Balaban J connectivity index is 1.26. The van der Waals surface area contributed by atoms with E-state index in [-0.39, 0.29) is 12.1 Å². The van der Waals surface area contributed by atoms with Crippen LogP contribution in [-0.4, -0.2) is 56.7 Å². The summed E-state index contributed by atoms with van der Waals surface area (Å²) in [5, 5.41) is 11.9. The number of rotatable bonds is 5. The van der Waals surface area contributed by atoms with Gasteiger partial charge in [-0.15, -0.1) is 0 Å². The Morgan fingerprint density at radius 2 is 2.09 bits per heavy atom. The molecular weight excluding hydrogens is 400 g/mol. The lowest BCUT2D eigenvalue weighted by molar-refractivity contribution is 0.110. The van der Waals surface area contributed by atoms with Crippen LogP contribution in [0.25, 0.3) is 22.2 Å². The van der Waals surface area contributed by atoms with E-state index in [0.29, 0.717) is 6.54 Å². The monoisotopic (exact) mass is 430 g/mol. The van der Waals surface area contributed by atoms with Gasteiger partial charge in [-0.1, -0.05) is 12.8 Å². The van der Waals surface area contributed by atoms with Gasteiger partial charge in [-0.05, 0) is 75.0 Å².